The summed E-state index contributed by atoms with van der Waals surface area (Å²) in [6.45, 7) is 3.41. The van der Waals surface area contributed by atoms with Crippen LogP contribution in [0.5, 0.6) is 5.75 Å². The second-order valence-electron chi connectivity index (χ2n) is 6.11. The summed E-state index contributed by atoms with van der Waals surface area (Å²) in [6.07, 6.45) is 0. The van der Waals surface area contributed by atoms with E-state index in [1.807, 2.05) is 6.92 Å². The number of aryl methyl sites for hydroxylation is 1. The second kappa shape index (κ2) is 7.89. The Kier molecular flexibility index (Phi) is 5.57. The molecule has 0 bridgehead atoms. The van der Waals surface area contributed by atoms with Crippen LogP contribution in [-0.2, 0) is 19.6 Å². The quantitative estimate of drug-likeness (QED) is 0.440. The minimum atomic E-state index is -3.97. The summed E-state index contributed by atoms with van der Waals surface area (Å²) in [5.74, 6) is -1.19. The maximum absolute atomic E-state index is 12.3. The minimum Gasteiger partial charge on any atom is -0.379 e. The third kappa shape index (κ3) is 4.53. The number of ether oxygens (including phenoxy) is 1. The Hall–Kier alpha value is -2.71. The van der Waals surface area contributed by atoms with Crippen LogP contribution in [0, 0.1) is 6.92 Å². The van der Waals surface area contributed by atoms with Crippen molar-refractivity contribution in [3.63, 3.8) is 0 Å². The molecule has 1 aliphatic rings. The topological polar surface area (TPSA) is 90.0 Å². The molecule has 1 saturated heterocycles. The van der Waals surface area contributed by atoms with Gasteiger partial charge in [0.25, 0.3) is 5.91 Å². The molecule has 1 amide bonds. The molecule has 3 rings (SSSR count). The predicted octanol–water partition coefficient (Wildman–Crippen LogP) is 1.80. The van der Waals surface area contributed by atoms with Gasteiger partial charge in [0.15, 0.2) is 0 Å². The average molecular weight is 389 g/mol. The highest BCUT2D eigenvalue weighted by molar-refractivity contribution is 7.87. The highest BCUT2D eigenvalue weighted by Crippen LogP contribution is 2.20. The van der Waals surface area contributed by atoms with Gasteiger partial charge in [0.1, 0.15) is 10.6 Å². The van der Waals surface area contributed by atoms with Gasteiger partial charge in [0.2, 0.25) is 5.78 Å². The molecule has 0 unspecified atom stereocenters. The van der Waals surface area contributed by atoms with Gasteiger partial charge in [-0.05, 0) is 43.3 Å². The Labute approximate surface area is 157 Å². The van der Waals surface area contributed by atoms with Crippen LogP contribution in [0.4, 0.5) is 0 Å². The SMILES string of the molecule is Cc1ccc(S(=O)(=O)Oc2ccc(C(=O)C(=O)N3CCOCC3)cc2)cc1. The molecular weight excluding hydrogens is 370 g/mol. The lowest BCUT2D eigenvalue weighted by Gasteiger charge is -2.26. The third-order valence-electron chi connectivity index (χ3n) is 4.12. The van der Waals surface area contributed by atoms with Gasteiger partial charge in [-0.15, -0.1) is 0 Å². The molecule has 1 aliphatic heterocycles. The lowest BCUT2D eigenvalue weighted by Crippen LogP contribution is -2.44. The summed E-state index contributed by atoms with van der Waals surface area (Å²) in [6, 6.07) is 11.7. The summed E-state index contributed by atoms with van der Waals surface area (Å²) < 4.78 is 34.8. The second-order valence-corrected chi connectivity index (χ2v) is 7.65. The van der Waals surface area contributed by atoms with E-state index in [0.717, 1.165) is 5.56 Å². The first-order valence-corrected chi connectivity index (χ1v) is 9.80. The van der Waals surface area contributed by atoms with Crippen LogP contribution in [0.25, 0.3) is 0 Å². The first kappa shape index (κ1) is 19.1. The highest BCUT2D eigenvalue weighted by Gasteiger charge is 2.25. The van der Waals surface area contributed by atoms with Crippen LogP contribution in [0.2, 0.25) is 0 Å². The molecule has 27 heavy (non-hydrogen) atoms. The fourth-order valence-corrected chi connectivity index (χ4v) is 3.51. The van der Waals surface area contributed by atoms with E-state index in [2.05, 4.69) is 0 Å². The number of nitrogens with zero attached hydrogens (tertiary/aromatic N) is 1. The minimum absolute atomic E-state index is 0.0377. The van der Waals surface area contributed by atoms with E-state index in [-0.39, 0.29) is 16.2 Å². The van der Waals surface area contributed by atoms with Crippen LogP contribution < -0.4 is 4.18 Å². The van der Waals surface area contributed by atoms with Gasteiger partial charge in [0, 0.05) is 18.7 Å². The molecule has 1 fully saturated rings. The Morgan fingerprint density at radius 1 is 0.963 bits per heavy atom. The lowest BCUT2D eigenvalue weighted by atomic mass is 10.1. The van der Waals surface area contributed by atoms with Gasteiger partial charge in [0.05, 0.1) is 13.2 Å². The van der Waals surface area contributed by atoms with Crippen molar-refractivity contribution >= 4 is 21.8 Å². The number of amides is 1. The van der Waals surface area contributed by atoms with Crippen LogP contribution >= 0.6 is 0 Å². The number of ketones is 1. The van der Waals surface area contributed by atoms with Crippen molar-refractivity contribution in [1.82, 2.24) is 4.90 Å². The summed E-state index contributed by atoms with van der Waals surface area (Å²) in [5, 5.41) is 0. The number of carbonyl (C=O) groups is 2. The van der Waals surface area contributed by atoms with E-state index in [0.29, 0.717) is 26.3 Å². The Bertz CT molecular complexity index is 929. The van der Waals surface area contributed by atoms with Gasteiger partial charge in [-0.3, -0.25) is 9.59 Å². The van der Waals surface area contributed by atoms with Gasteiger partial charge in [-0.25, -0.2) is 0 Å². The summed E-state index contributed by atoms with van der Waals surface area (Å²) in [5.41, 5.74) is 1.10. The number of hydrogen-bond acceptors (Lipinski definition) is 6. The third-order valence-corrected chi connectivity index (χ3v) is 5.39. The van der Waals surface area contributed by atoms with E-state index in [4.69, 9.17) is 8.92 Å². The number of carbonyl (C=O) groups excluding carboxylic acids is 2. The van der Waals surface area contributed by atoms with Crippen LogP contribution in [0.1, 0.15) is 15.9 Å². The maximum Gasteiger partial charge on any atom is 0.339 e. The Morgan fingerprint density at radius 3 is 2.15 bits per heavy atom. The summed E-state index contributed by atoms with van der Waals surface area (Å²) in [7, 11) is -3.97. The average Bonchev–Trinajstić information content (AvgIpc) is 2.68. The van der Waals surface area contributed by atoms with Crippen molar-refractivity contribution in [3.05, 3.63) is 59.7 Å². The fourth-order valence-electron chi connectivity index (χ4n) is 2.58. The van der Waals surface area contributed by atoms with Gasteiger partial charge in [-0.1, -0.05) is 17.7 Å². The molecule has 0 aromatic heterocycles. The molecule has 0 aliphatic carbocycles. The zero-order valence-electron chi connectivity index (χ0n) is 14.8. The number of rotatable bonds is 5. The number of benzene rings is 2. The van der Waals surface area contributed by atoms with E-state index >= 15 is 0 Å². The Morgan fingerprint density at radius 2 is 1.56 bits per heavy atom. The van der Waals surface area contributed by atoms with Crippen molar-refractivity contribution < 1.29 is 26.9 Å². The van der Waals surface area contributed by atoms with Crippen molar-refractivity contribution in [1.29, 1.82) is 0 Å². The molecule has 0 radical (unpaired) electrons. The van der Waals surface area contributed by atoms with Crippen molar-refractivity contribution in [2.75, 3.05) is 26.3 Å². The van der Waals surface area contributed by atoms with E-state index in [9.17, 15) is 18.0 Å². The molecule has 2 aromatic carbocycles. The number of Topliss-reactive ketones (excluding diaryl/α,β-unsaturated/α-hetero) is 1. The zero-order valence-corrected chi connectivity index (χ0v) is 15.6. The van der Waals surface area contributed by atoms with Crippen molar-refractivity contribution in [3.8, 4) is 5.75 Å². The summed E-state index contributed by atoms with van der Waals surface area (Å²) >= 11 is 0. The summed E-state index contributed by atoms with van der Waals surface area (Å²) in [4.78, 5) is 26.0. The van der Waals surface area contributed by atoms with Crippen molar-refractivity contribution in [2.24, 2.45) is 0 Å². The molecule has 0 atom stereocenters. The normalized spacial score (nSPS) is 14.6. The first-order valence-electron chi connectivity index (χ1n) is 8.39. The van der Waals surface area contributed by atoms with Crippen LogP contribution in [0.15, 0.2) is 53.4 Å². The maximum atomic E-state index is 12.3. The monoisotopic (exact) mass is 389 g/mol. The first-order chi connectivity index (χ1) is 12.9. The molecule has 2 aromatic rings. The van der Waals surface area contributed by atoms with Crippen LogP contribution in [0.3, 0.4) is 0 Å². The molecule has 0 saturated carbocycles. The van der Waals surface area contributed by atoms with E-state index < -0.39 is 21.8 Å². The van der Waals surface area contributed by atoms with Gasteiger partial charge < -0.3 is 13.8 Å². The van der Waals surface area contributed by atoms with Crippen LogP contribution in [-0.4, -0.2) is 51.3 Å². The van der Waals surface area contributed by atoms with Gasteiger partial charge >= 0.3 is 10.1 Å². The largest absolute Gasteiger partial charge is 0.379 e. The molecule has 8 heteroatoms. The Balaban J connectivity index is 1.70. The number of morpholine rings is 1. The van der Waals surface area contributed by atoms with Gasteiger partial charge in [-0.2, -0.15) is 8.42 Å². The molecule has 7 nitrogen and oxygen atoms in total. The van der Waals surface area contributed by atoms with Crippen molar-refractivity contribution in [2.45, 2.75) is 11.8 Å². The molecule has 0 N–H and O–H groups in total. The molecule has 142 valence electrons. The number of hydrogen-bond donors (Lipinski definition) is 0. The van der Waals surface area contributed by atoms with E-state index in [1.165, 1.54) is 41.3 Å². The predicted molar refractivity (Wildman–Crippen MR) is 97.2 cm³/mol. The molecular formula is C19H19NO6S. The smallest absolute Gasteiger partial charge is 0.339 e. The highest BCUT2D eigenvalue weighted by atomic mass is 32.2. The lowest BCUT2D eigenvalue weighted by molar-refractivity contribution is -0.130. The molecule has 0 spiro atoms. The standard InChI is InChI=1S/C19H19NO6S/c1-14-2-8-17(9-3-14)27(23,24)26-16-6-4-15(5-7-16)18(21)19(22)20-10-12-25-13-11-20/h2-9H,10-13H2,1H3. The zero-order chi connectivity index (χ0) is 19.4. The molecule has 1 heterocycles. The fraction of sp³-hybridized carbons (Fsp3) is 0.263. The van der Waals surface area contributed by atoms with E-state index in [1.54, 1.807) is 12.1 Å².